The molecule has 0 aliphatic carbocycles. The van der Waals surface area contributed by atoms with E-state index in [9.17, 15) is 14.9 Å². The summed E-state index contributed by atoms with van der Waals surface area (Å²) < 4.78 is 4.93. The van der Waals surface area contributed by atoms with Crippen LogP contribution >= 0.6 is 0 Å². The Balaban J connectivity index is 1.86. The molecule has 142 valence electrons. The first kappa shape index (κ1) is 18.7. The van der Waals surface area contributed by atoms with E-state index < -0.39 is 10.9 Å². The van der Waals surface area contributed by atoms with E-state index in [2.05, 4.69) is 25.6 Å². The molecule has 28 heavy (non-hydrogen) atoms. The van der Waals surface area contributed by atoms with Gasteiger partial charge in [-0.25, -0.2) is 14.8 Å². The molecule has 0 atom stereocenters. The first-order valence-corrected chi connectivity index (χ1v) is 8.29. The van der Waals surface area contributed by atoms with Gasteiger partial charge in [-0.1, -0.05) is 0 Å². The second kappa shape index (κ2) is 8.54. The standard InChI is InChI=1S/C18H16N6O4/c1-2-28-18(25)12-5-7-13(8-6-12)22-16-15(24(26)27)17(21-11-20-16)23-14-4-3-9-19-10-14/h3-11H,2H2,1H3,(H2,20,21,22,23). The van der Waals surface area contributed by atoms with Gasteiger partial charge in [0.15, 0.2) is 0 Å². The number of nitrogens with one attached hydrogen (secondary N) is 2. The van der Waals surface area contributed by atoms with Crippen molar-refractivity contribution in [3.8, 4) is 0 Å². The fraction of sp³-hybridized carbons (Fsp3) is 0.111. The Morgan fingerprint density at radius 3 is 2.36 bits per heavy atom. The molecule has 0 aliphatic heterocycles. The van der Waals surface area contributed by atoms with Gasteiger partial charge in [-0.2, -0.15) is 0 Å². The number of hydrogen-bond acceptors (Lipinski definition) is 9. The van der Waals surface area contributed by atoms with E-state index in [-0.39, 0.29) is 23.9 Å². The molecule has 0 unspecified atom stereocenters. The summed E-state index contributed by atoms with van der Waals surface area (Å²) in [6.07, 6.45) is 4.32. The Hall–Kier alpha value is -4.08. The zero-order valence-corrected chi connectivity index (χ0v) is 14.8. The van der Waals surface area contributed by atoms with Crippen LogP contribution in [0.2, 0.25) is 0 Å². The van der Waals surface area contributed by atoms with Crippen LogP contribution in [0.4, 0.5) is 28.7 Å². The van der Waals surface area contributed by atoms with E-state index in [0.29, 0.717) is 16.9 Å². The first-order chi connectivity index (χ1) is 13.6. The molecule has 0 saturated carbocycles. The Bertz CT molecular complexity index is 979. The number of pyridine rings is 1. The van der Waals surface area contributed by atoms with Gasteiger partial charge in [-0.3, -0.25) is 15.1 Å². The van der Waals surface area contributed by atoms with Crippen LogP contribution in [0.3, 0.4) is 0 Å². The van der Waals surface area contributed by atoms with E-state index in [1.54, 1.807) is 49.5 Å². The molecule has 2 N–H and O–H groups in total. The molecule has 0 radical (unpaired) electrons. The smallest absolute Gasteiger partial charge is 0.353 e. The first-order valence-electron chi connectivity index (χ1n) is 8.29. The molecule has 0 spiro atoms. The monoisotopic (exact) mass is 380 g/mol. The third kappa shape index (κ3) is 4.36. The van der Waals surface area contributed by atoms with Crippen molar-refractivity contribution >= 4 is 34.7 Å². The predicted octanol–water partition coefficient (Wildman–Crippen LogP) is 3.44. The van der Waals surface area contributed by atoms with Crippen LogP contribution in [-0.2, 0) is 4.74 Å². The summed E-state index contributed by atoms with van der Waals surface area (Å²) in [7, 11) is 0. The minimum atomic E-state index is -0.575. The second-order valence-electron chi connectivity index (χ2n) is 5.47. The Morgan fingerprint density at radius 1 is 1.11 bits per heavy atom. The average molecular weight is 380 g/mol. The van der Waals surface area contributed by atoms with Gasteiger partial charge >= 0.3 is 11.7 Å². The Labute approximate surface area is 159 Å². The Morgan fingerprint density at radius 2 is 1.79 bits per heavy atom. The van der Waals surface area contributed by atoms with Gasteiger partial charge in [0.2, 0.25) is 11.6 Å². The Kier molecular flexibility index (Phi) is 5.70. The summed E-state index contributed by atoms with van der Waals surface area (Å²) in [5.74, 6) is -0.404. The molecule has 10 nitrogen and oxygen atoms in total. The van der Waals surface area contributed by atoms with Gasteiger partial charge in [0.25, 0.3) is 0 Å². The van der Waals surface area contributed by atoms with Crippen molar-refractivity contribution in [2.75, 3.05) is 17.2 Å². The molecule has 2 heterocycles. The fourth-order valence-corrected chi connectivity index (χ4v) is 2.35. The van der Waals surface area contributed by atoms with Crippen molar-refractivity contribution < 1.29 is 14.5 Å². The molecule has 0 amide bonds. The topological polar surface area (TPSA) is 132 Å². The number of carbonyl (C=O) groups excluding carboxylic acids is 1. The molecule has 1 aromatic carbocycles. The lowest BCUT2D eigenvalue weighted by Crippen LogP contribution is -2.06. The third-order valence-electron chi connectivity index (χ3n) is 3.59. The van der Waals surface area contributed by atoms with Crippen molar-refractivity contribution in [2.45, 2.75) is 6.92 Å². The number of carbonyl (C=O) groups is 1. The van der Waals surface area contributed by atoms with E-state index in [4.69, 9.17) is 4.74 Å². The average Bonchev–Trinajstić information content (AvgIpc) is 2.69. The lowest BCUT2D eigenvalue weighted by molar-refractivity contribution is -0.383. The maximum Gasteiger partial charge on any atom is 0.353 e. The summed E-state index contributed by atoms with van der Waals surface area (Å²) in [6.45, 7) is 2.00. The molecule has 0 fully saturated rings. The van der Waals surface area contributed by atoms with Crippen molar-refractivity contribution in [2.24, 2.45) is 0 Å². The molecule has 10 heteroatoms. The minimum Gasteiger partial charge on any atom is -0.462 e. The van der Waals surface area contributed by atoms with Crippen LogP contribution in [0.5, 0.6) is 0 Å². The number of nitrogens with zero attached hydrogens (tertiary/aromatic N) is 4. The van der Waals surface area contributed by atoms with E-state index >= 15 is 0 Å². The van der Waals surface area contributed by atoms with Gasteiger partial charge in [0.1, 0.15) is 6.33 Å². The van der Waals surface area contributed by atoms with Crippen molar-refractivity contribution in [1.82, 2.24) is 15.0 Å². The van der Waals surface area contributed by atoms with Crippen LogP contribution in [0.1, 0.15) is 17.3 Å². The third-order valence-corrected chi connectivity index (χ3v) is 3.59. The molecule has 3 aromatic rings. The van der Waals surface area contributed by atoms with E-state index in [1.165, 1.54) is 12.5 Å². The summed E-state index contributed by atoms with van der Waals surface area (Å²) in [5.41, 5.74) is 1.13. The molecule has 0 saturated heterocycles. The van der Waals surface area contributed by atoms with Crippen LogP contribution < -0.4 is 10.6 Å². The fourth-order valence-electron chi connectivity index (χ4n) is 2.35. The highest BCUT2D eigenvalue weighted by Gasteiger charge is 2.23. The number of ether oxygens (including phenoxy) is 1. The highest BCUT2D eigenvalue weighted by molar-refractivity contribution is 5.90. The maximum absolute atomic E-state index is 11.7. The summed E-state index contributed by atoms with van der Waals surface area (Å²) in [6, 6.07) is 9.72. The number of nitro groups is 1. The van der Waals surface area contributed by atoms with Crippen LogP contribution in [-0.4, -0.2) is 32.5 Å². The summed E-state index contributed by atoms with van der Waals surface area (Å²) >= 11 is 0. The maximum atomic E-state index is 11.7. The van der Waals surface area contributed by atoms with E-state index in [1.807, 2.05) is 0 Å². The summed E-state index contributed by atoms with van der Waals surface area (Å²) in [4.78, 5) is 34.6. The number of anilines is 4. The second-order valence-corrected chi connectivity index (χ2v) is 5.47. The number of aromatic nitrogens is 3. The molecular formula is C18H16N6O4. The van der Waals surface area contributed by atoms with Crippen molar-refractivity contribution in [1.29, 1.82) is 0 Å². The zero-order valence-electron chi connectivity index (χ0n) is 14.8. The number of benzene rings is 1. The van der Waals surface area contributed by atoms with Gasteiger partial charge in [0, 0.05) is 11.9 Å². The van der Waals surface area contributed by atoms with Crippen LogP contribution in [0, 0.1) is 10.1 Å². The van der Waals surface area contributed by atoms with Gasteiger partial charge in [-0.15, -0.1) is 0 Å². The van der Waals surface area contributed by atoms with Crippen LogP contribution in [0.15, 0.2) is 55.1 Å². The SMILES string of the molecule is CCOC(=O)c1ccc(Nc2ncnc(Nc3cccnc3)c2[N+](=O)[O-])cc1. The lowest BCUT2D eigenvalue weighted by Gasteiger charge is -2.10. The van der Waals surface area contributed by atoms with Crippen molar-refractivity contribution in [3.05, 3.63) is 70.8 Å². The number of rotatable bonds is 7. The highest BCUT2D eigenvalue weighted by Crippen LogP contribution is 2.32. The van der Waals surface area contributed by atoms with Crippen molar-refractivity contribution in [3.63, 3.8) is 0 Å². The molecule has 2 aromatic heterocycles. The van der Waals surface area contributed by atoms with Crippen LogP contribution in [0.25, 0.3) is 0 Å². The highest BCUT2D eigenvalue weighted by atomic mass is 16.6. The van der Waals surface area contributed by atoms with Gasteiger partial charge in [0.05, 0.1) is 29.0 Å². The molecule has 3 rings (SSSR count). The number of esters is 1. The predicted molar refractivity (Wildman–Crippen MR) is 102 cm³/mol. The molecule has 0 bridgehead atoms. The van der Waals surface area contributed by atoms with Gasteiger partial charge < -0.3 is 15.4 Å². The lowest BCUT2D eigenvalue weighted by atomic mass is 10.2. The largest absolute Gasteiger partial charge is 0.462 e. The normalized spacial score (nSPS) is 10.2. The quantitative estimate of drug-likeness (QED) is 0.359. The zero-order chi connectivity index (χ0) is 19.9. The molecule has 0 aliphatic rings. The minimum absolute atomic E-state index is 0.00951. The van der Waals surface area contributed by atoms with Gasteiger partial charge in [-0.05, 0) is 43.3 Å². The van der Waals surface area contributed by atoms with E-state index in [0.717, 1.165) is 0 Å². The molecular weight excluding hydrogens is 364 g/mol. The number of hydrogen-bond donors (Lipinski definition) is 2. The summed E-state index contributed by atoms with van der Waals surface area (Å²) in [5, 5.41) is 17.3.